The second kappa shape index (κ2) is 4.99. The van der Waals surface area contributed by atoms with Gasteiger partial charge in [-0.1, -0.05) is 11.6 Å². The van der Waals surface area contributed by atoms with E-state index in [4.69, 9.17) is 21.1 Å². The maximum Gasteiger partial charge on any atom is 0.173 e. The van der Waals surface area contributed by atoms with E-state index in [1.54, 1.807) is 6.07 Å². The second-order valence-corrected chi connectivity index (χ2v) is 3.99. The third kappa shape index (κ3) is 2.29. The first-order valence-electron chi connectivity index (χ1n) is 5.07. The summed E-state index contributed by atoms with van der Waals surface area (Å²) in [5.41, 5.74) is 0.732. The standard InChI is InChI=1S/C11H13ClFNO2/c1-15-11-8(12)4-7(5-9(11)13)10-6-14-2-3-16-10/h4-5,10,14H,2-3,6H2,1H3. The molecule has 2 rings (SSSR count). The third-order valence-corrected chi connectivity index (χ3v) is 2.80. The number of hydrogen-bond donors (Lipinski definition) is 1. The average molecular weight is 246 g/mol. The van der Waals surface area contributed by atoms with E-state index >= 15 is 0 Å². The Balaban J connectivity index is 2.28. The lowest BCUT2D eigenvalue weighted by Crippen LogP contribution is -2.33. The fourth-order valence-electron chi connectivity index (χ4n) is 1.74. The highest BCUT2D eigenvalue weighted by molar-refractivity contribution is 6.32. The van der Waals surface area contributed by atoms with Crippen molar-refractivity contribution < 1.29 is 13.9 Å². The Bertz CT molecular complexity index is 357. The maximum absolute atomic E-state index is 13.6. The minimum Gasteiger partial charge on any atom is -0.492 e. The van der Waals surface area contributed by atoms with Gasteiger partial charge in [-0.2, -0.15) is 0 Å². The molecule has 1 heterocycles. The lowest BCUT2D eigenvalue weighted by molar-refractivity contribution is 0.0275. The zero-order valence-electron chi connectivity index (χ0n) is 8.93. The summed E-state index contributed by atoms with van der Waals surface area (Å²) >= 11 is 5.91. The van der Waals surface area contributed by atoms with E-state index in [0.717, 1.165) is 12.1 Å². The number of rotatable bonds is 2. The molecule has 5 heteroatoms. The van der Waals surface area contributed by atoms with Gasteiger partial charge in [0.25, 0.3) is 0 Å². The van der Waals surface area contributed by atoms with Gasteiger partial charge >= 0.3 is 0 Å². The predicted molar refractivity (Wildman–Crippen MR) is 59.5 cm³/mol. The summed E-state index contributed by atoms with van der Waals surface area (Å²) in [7, 11) is 1.39. The minimum absolute atomic E-state index is 0.0779. The number of nitrogens with one attached hydrogen (secondary N) is 1. The van der Waals surface area contributed by atoms with Crippen molar-refractivity contribution in [2.24, 2.45) is 0 Å². The predicted octanol–water partition coefficient (Wildman–Crippen LogP) is 2.15. The number of hydrogen-bond acceptors (Lipinski definition) is 3. The van der Waals surface area contributed by atoms with Crippen molar-refractivity contribution in [1.82, 2.24) is 5.32 Å². The van der Waals surface area contributed by atoms with E-state index in [1.807, 2.05) is 0 Å². The molecular formula is C11H13ClFNO2. The zero-order valence-corrected chi connectivity index (χ0v) is 9.68. The fraction of sp³-hybridized carbons (Fsp3) is 0.455. The molecule has 0 amide bonds. The molecule has 1 aromatic carbocycles. The van der Waals surface area contributed by atoms with Crippen LogP contribution in [0.5, 0.6) is 5.75 Å². The van der Waals surface area contributed by atoms with Crippen LogP contribution in [0.1, 0.15) is 11.7 Å². The lowest BCUT2D eigenvalue weighted by Gasteiger charge is -2.24. The van der Waals surface area contributed by atoms with Gasteiger partial charge in [-0.05, 0) is 17.7 Å². The first-order valence-corrected chi connectivity index (χ1v) is 5.45. The molecule has 0 radical (unpaired) electrons. The number of morpholine rings is 1. The molecule has 1 aromatic rings. The Labute approximate surface area is 98.5 Å². The summed E-state index contributed by atoms with van der Waals surface area (Å²) in [5, 5.41) is 3.45. The van der Waals surface area contributed by atoms with Gasteiger partial charge in [0.2, 0.25) is 0 Å². The van der Waals surface area contributed by atoms with Crippen LogP contribution >= 0.6 is 11.6 Å². The van der Waals surface area contributed by atoms with Crippen LogP contribution in [0.4, 0.5) is 4.39 Å². The summed E-state index contributed by atoms with van der Waals surface area (Å²) < 4.78 is 24.0. The first kappa shape index (κ1) is 11.6. The van der Waals surface area contributed by atoms with Gasteiger partial charge in [-0.3, -0.25) is 0 Å². The molecule has 0 aliphatic carbocycles. The molecule has 0 saturated carbocycles. The molecule has 0 aromatic heterocycles. The van der Waals surface area contributed by atoms with E-state index in [2.05, 4.69) is 5.32 Å². The van der Waals surface area contributed by atoms with E-state index in [-0.39, 0.29) is 16.9 Å². The Morgan fingerprint density at radius 1 is 1.56 bits per heavy atom. The fourth-order valence-corrected chi connectivity index (χ4v) is 2.03. The quantitative estimate of drug-likeness (QED) is 0.866. The molecule has 0 spiro atoms. The number of ether oxygens (including phenoxy) is 2. The molecular weight excluding hydrogens is 233 g/mol. The molecule has 1 aliphatic heterocycles. The Kier molecular flexibility index (Phi) is 3.63. The molecule has 1 atom stereocenters. The van der Waals surface area contributed by atoms with Gasteiger partial charge in [-0.25, -0.2) is 4.39 Å². The second-order valence-electron chi connectivity index (χ2n) is 3.58. The van der Waals surface area contributed by atoms with Crippen LogP contribution < -0.4 is 10.1 Å². The van der Waals surface area contributed by atoms with Crippen molar-refractivity contribution in [3.63, 3.8) is 0 Å². The Hall–Kier alpha value is -0.840. The van der Waals surface area contributed by atoms with Crippen LogP contribution in [0.25, 0.3) is 0 Å². The Morgan fingerprint density at radius 3 is 2.94 bits per heavy atom. The van der Waals surface area contributed by atoms with Gasteiger partial charge in [0, 0.05) is 13.1 Å². The summed E-state index contributed by atoms with van der Waals surface area (Å²) in [6.07, 6.45) is -0.147. The first-order chi connectivity index (χ1) is 7.72. The molecule has 1 saturated heterocycles. The largest absolute Gasteiger partial charge is 0.492 e. The lowest BCUT2D eigenvalue weighted by atomic mass is 10.1. The molecule has 1 fully saturated rings. The van der Waals surface area contributed by atoms with E-state index in [0.29, 0.717) is 13.2 Å². The molecule has 16 heavy (non-hydrogen) atoms. The van der Waals surface area contributed by atoms with E-state index < -0.39 is 5.82 Å². The van der Waals surface area contributed by atoms with Crippen molar-refractivity contribution in [3.8, 4) is 5.75 Å². The van der Waals surface area contributed by atoms with Gasteiger partial charge < -0.3 is 14.8 Å². The SMILES string of the molecule is COc1c(F)cc(C2CNCCO2)cc1Cl. The molecule has 3 nitrogen and oxygen atoms in total. The van der Waals surface area contributed by atoms with Crippen LogP contribution in [0.3, 0.4) is 0 Å². The number of methoxy groups -OCH3 is 1. The molecule has 0 bridgehead atoms. The highest BCUT2D eigenvalue weighted by Gasteiger charge is 2.19. The van der Waals surface area contributed by atoms with Crippen LogP contribution in [0.2, 0.25) is 5.02 Å². The van der Waals surface area contributed by atoms with Crippen molar-refractivity contribution >= 4 is 11.6 Å². The van der Waals surface area contributed by atoms with Crippen molar-refractivity contribution in [2.75, 3.05) is 26.8 Å². The third-order valence-electron chi connectivity index (χ3n) is 2.52. The van der Waals surface area contributed by atoms with Crippen molar-refractivity contribution in [1.29, 1.82) is 0 Å². The van der Waals surface area contributed by atoms with Gasteiger partial charge in [-0.15, -0.1) is 0 Å². The smallest absolute Gasteiger partial charge is 0.173 e. The monoisotopic (exact) mass is 245 g/mol. The highest BCUT2D eigenvalue weighted by atomic mass is 35.5. The van der Waals surface area contributed by atoms with Crippen LogP contribution in [0.15, 0.2) is 12.1 Å². The van der Waals surface area contributed by atoms with E-state index in [1.165, 1.54) is 13.2 Å². The summed E-state index contributed by atoms with van der Waals surface area (Å²) in [6.45, 7) is 2.11. The molecule has 1 unspecified atom stereocenters. The minimum atomic E-state index is -0.459. The number of halogens is 2. The average Bonchev–Trinajstić information content (AvgIpc) is 2.30. The van der Waals surface area contributed by atoms with Gasteiger partial charge in [0.15, 0.2) is 11.6 Å². The van der Waals surface area contributed by atoms with Crippen LogP contribution in [0, 0.1) is 5.82 Å². The van der Waals surface area contributed by atoms with Crippen LogP contribution in [-0.2, 0) is 4.74 Å². The molecule has 1 aliphatic rings. The molecule has 1 N–H and O–H groups in total. The van der Waals surface area contributed by atoms with Crippen molar-refractivity contribution in [3.05, 3.63) is 28.5 Å². The van der Waals surface area contributed by atoms with E-state index in [9.17, 15) is 4.39 Å². The summed E-state index contributed by atoms with van der Waals surface area (Å²) in [5.74, 6) is -0.381. The molecule has 88 valence electrons. The zero-order chi connectivity index (χ0) is 11.5. The van der Waals surface area contributed by atoms with Crippen molar-refractivity contribution in [2.45, 2.75) is 6.10 Å². The van der Waals surface area contributed by atoms with Gasteiger partial charge in [0.05, 0.1) is 24.8 Å². The Morgan fingerprint density at radius 2 is 2.38 bits per heavy atom. The number of benzene rings is 1. The van der Waals surface area contributed by atoms with Crippen LogP contribution in [-0.4, -0.2) is 26.8 Å². The normalized spacial score (nSPS) is 20.8. The maximum atomic E-state index is 13.6. The highest BCUT2D eigenvalue weighted by Crippen LogP contribution is 2.32. The topological polar surface area (TPSA) is 30.5 Å². The summed E-state index contributed by atoms with van der Waals surface area (Å²) in [4.78, 5) is 0. The van der Waals surface area contributed by atoms with Gasteiger partial charge in [0.1, 0.15) is 0 Å². The summed E-state index contributed by atoms with van der Waals surface area (Å²) in [6, 6.07) is 3.09.